The molecule has 0 bridgehead atoms. The lowest BCUT2D eigenvalue weighted by Crippen LogP contribution is -2.31. The largest absolute Gasteiger partial charge is 0.497 e. The van der Waals surface area contributed by atoms with Gasteiger partial charge in [-0.2, -0.15) is 0 Å². The number of carbonyl (C=O) groups is 1. The molecule has 2 aromatic rings. The first kappa shape index (κ1) is 22.4. The van der Waals surface area contributed by atoms with Gasteiger partial charge in [0.15, 0.2) is 0 Å². The fraction of sp³-hybridized carbons (Fsp3) is 0.360. The maximum atomic E-state index is 12.2. The number of nitrogens with zero attached hydrogens (tertiary/aromatic N) is 1. The SMILES string of the molecule is COc1ccc(/C(=C/C=C/C(=O)N[C@H](C)CCCc2cccnc2)C(C)C)cc1. The highest BCUT2D eigenvalue weighted by Gasteiger charge is 2.07. The van der Waals surface area contributed by atoms with Gasteiger partial charge in [-0.15, -0.1) is 0 Å². The molecule has 0 spiro atoms. The molecule has 0 aliphatic heterocycles. The molecule has 1 aromatic carbocycles. The second-order valence-corrected chi connectivity index (χ2v) is 7.53. The molecule has 1 heterocycles. The first-order valence-electron chi connectivity index (χ1n) is 10.2. The molecular weight excluding hydrogens is 360 g/mol. The molecule has 1 N–H and O–H groups in total. The average molecular weight is 393 g/mol. The third-order valence-electron chi connectivity index (χ3n) is 4.78. The Hall–Kier alpha value is -2.88. The van der Waals surface area contributed by atoms with Gasteiger partial charge in [0.2, 0.25) is 5.91 Å². The highest BCUT2D eigenvalue weighted by atomic mass is 16.5. The fourth-order valence-corrected chi connectivity index (χ4v) is 3.17. The summed E-state index contributed by atoms with van der Waals surface area (Å²) in [5.41, 5.74) is 3.55. The lowest BCUT2D eigenvalue weighted by molar-refractivity contribution is -0.117. The lowest BCUT2D eigenvalue weighted by atomic mass is 9.95. The predicted octanol–water partition coefficient (Wildman–Crippen LogP) is 5.21. The van der Waals surface area contributed by atoms with Crippen LogP contribution in [0.4, 0.5) is 0 Å². The minimum Gasteiger partial charge on any atom is -0.497 e. The smallest absolute Gasteiger partial charge is 0.244 e. The zero-order chi connectivity index (χ0) is 21.1. The second-order valence-electron chi connectivity index (χ2n) is 7.53. The van der Waals surface area contributed by atoms with Gasteiger partial charge in [-0.3, -0.25) is 9.78 Å². The summed E-state index contributed by atoms with van der Waals surface area (Å²) >= 11 is 0. The molecule has 2 rings (SSSR count). The van der Waals surface area contributed by atoms with Gasteiger partial charge < -0.3 is 10.1 Å². The Labute approximate surface area is 174 Å². The molecular formula is C25H32N2O2. The Morgan fingerprint density at radius 3 is 2.55 bits per heavy atom. The summed E-state index contributed by atoms with van der Waals surface area (Å²) in [6, 6.07) is 12.2. The van der Waals surface area contributed by atoms with Crippen LogP contribution in [0, 0.1) is 5.92 Å². The van der Waals surface area contributed by atoms with Crippen LogP contribution >= 0.6 is 0 Å². The quantitative estimate of drug-likeness (QED) is 0.446. The van der Waals surface area contributed by atoms with Crippen LogP contribution in [0.25, 0.3) is 5.57 Å². The summed E-state index contributed by atoms with van der Waals surface area (Å²) in [5.74, 6) is 1.12. The van der Waals surface area contributed by atoms with E-state index in [0.717, 1.165) is 30.6 Å². The van der Waals surface area contributed by atoms with Gasteiger partial charge in [-0.05, 0) is 67.0 Å². The van der Waals surface area contributed by atoms with E-state index in [-0.39, 0.29) is 11.9 Å². The van der Waals surface area contributed by atoms with E-state index >= 15 is 0 Å². The van der Waals surface area contributed by atoms with Crippen molar-refractivity contribution in [3.8, 4) is 5.75 Å². The summed E-state index contributed by atoms with van der Waals surface area (Å²) in [6.07, 6.45) is 12.1. The van der Waals surface area contributed by atoms with E-state index in [1.54, 1.807) is 19.4 Å². The number of allylic oxidation sites excluding steroid dienone is 3. The fourth-order valence-electron chi connectivity index (χ4n) is 3.17. The van der Waals surface area contributed by atoms with Crippen molar-refractivity contribution < 1.29 is 9.53 Å². The minimum atomic E-state index is -0.0621. The van der Waals surface area contributed by atoms with Crippen molar-refractivity contribution in [2.24, 2.45) is 5.92 Å². The van der Waals surface area contributed by atoms with Crippen molar-refractivity contribution in [1.82, 2.24) is 10.3 Å². The van der Waals surface area contributed by atoms with Crippen molar-refractivity contribution in [3.63, 3.8) is 0 Å². The Balaban J connectivity index is 1.85. The molecule has 0 unspecified atom stereocenters. The molecule has 1 aromatic heterocycles. The number of benzene rings is 1. The van der Waals surface area contributed by atoms with Crippen molar-refractivity contribution >= 4 is 11.5 Å². The van der Waals surface area contributed by atoms with Crippen LogP contribution in [-0.4, -0.2) is 24.0 Å². The zero-order valence-electron chi connectivity index (χ0n) is 17.9. The first-order chi connectivity index (χ1) is 14.0. The van der Waals surface area contributed by atoms with Crippen molar-refractivity contribution in [2.75, 3.05) is 7.11 Å². The molecule has 1 amide bonds. The van der Waals surface area contributed by atoms with E-state index < -0.39 is 0 Å². The van der Waals surface area contributed by atoms with Crippen molar-refractivity contribution in [1.29, 1.82) is 0 Å². The maximum Gasteiger partial charge on any atom is 0.244 e. The molecule has 4 nitrogen and oxygen atoms in total. The van der Waals surface area contributed by atoms with Gasteiger partial charge in [0.25, 0.3) is 0 Å². The Kier molecular flexibility index (Phi) is 9.16. The lowest BCUT2D eigenvalue weighted by Gasteiger charge is -2.13. The number of hydrogen-bond acceptors (Lipinski definition) is 3. The van der Waals surface area contributed by atoms with Crippen LogP contribution in [0.1, 0.15) is 44.7 Å². The maximum absolute atomic E-state index is 12.2. The molecule has 0 radical (unpaired) electrons. The van der Waals surface area contributed by atoms with Crippen LogP contribution in [-0.2, 0) is 11.2 Å². The molecule has 154 valence electrons. The molecule has 0 aliphatic carbocycles. The third kappa shape index (κ3) is 7.94. The van der Waals surface area contributed by atoms with Crippen LogP contribution < -0.4 is 10.1 Å². The molecule has 0 aliphatic rings. The normalized spacial score (nSPS) is 12.9. The average Bonchev–Trinajstić information content (AvgIpc) is 2.72. The number of pyridine rings is 1. The molecule has 0 fully saturated rings. The number of rotatable bonds is 10. The number of hydrogen-bond donors (Lipinski definition) is 1. The number of aryl methyl sites for hydroxylation is 1. The minimum absolute atomic E-state index is 0.0621. The highest BCUT2D eigenvalue weighted by molar-refractivity contribution is 5.88. The number of nitrogens with one attached hydrogen (secondary N) is 1. The van der Waals surface area contributed by atoms with Crippen molar-refractivity contribution in [3.05, 3.63) is 78.1 Å². The molecule has 1 atom stereocenters. The Morgan fingerprint density at radius 1 is 1.17 bits per heavy atom. The summed E-state index contributed by atoms with van der Waals surface area (Å²) in [4.78, 5) is 16.3. The van der Waals surface area contributed by atoms with E-state index in [9.17, 15) is 4.79 Å². The van der Waals surface area contributed by atoms with E-state index in [1.807, 2.05) is 55.6 Å². The Bertz CT molecular complexity index is 808. The van der Waals surface area contributed by atoms with Crippen LogP contribution in [0.3, 0.4) is 0 Å². The van der Waals surface area contributed by atoms with Crippen LogP contribution in [0.2, 0.25) is 0 Å². The summed E-state index contributed by atoms with van der Waals surface area (Å²) in [5, 5.41) is 3.04. The van der Waals surface area contributed by atoms with E-state index in [2.05, 4.69) is 30.2 Å². The number of aromatic nitrogens is 1. The number of ether oxygens (including phenoxy) is 1. The molecule has 4 heteroatoms. The predicted molar refractivity (Wildman–Crippen MR) is 120 cm³/mol. The van der Waals surface area contributed by atoms with Gasteiger partial charge in [0.1, 0.15) is 5.75 Å². The standard InChI is InChI=1S/C25H32N2O2/c1-19(2)24(22-13-15-23(29-4)16-14-22)11-6-12-25(28)27-20(3)8-5-9-21-10-7-17-26-18-21/h6-7,10-20H,5,8-9H2,1-4H3,(H,27,28)/b12-6+,24-11+/t20-/m1/s1. The zero-order valence-corrected chi connectivity index (χ0v) is 17.9. The van der Waals surface area contributed by atoms with Gasteiger partial charge >= 0.3 is 0 Å². The highest BCUT2D eigenvalue weighted by Crippen LogP contribution is 2.25. The molecule has 29 heavy (non-hydrogen) atoms. The number of methoxy groups -OCH3 is 1. The summed E-state index contributed by atoms with van der Waals surface area (Å²) < 4.78 is 5.22. The monoisotopic (exact) mass is 392 g/mol. The van der Waals surface area contributed by atoms with E-state index in [4.69, 9.17) is 4.74 Å². The topological polar surface area (TPSA) is 51.2 Å². The third-order valence-corrected chi connectivity index (χ3v) is 4.78. The summed E-state index contributed by atoms with van der Waals surface area (Å²) in [7, 11) is 1.66. The first-order valence-corrected chi connectivity index (χ1v) is 10.2. The molecule has 0 saturated heterocycles. The van der Waals surface area contributed by atoms with Gasteiger partial charge in [-0.25, -0.2) is 0 Å². The van der Waals surface area contributed by atoms with E-state index in [0.29, 0.717) is 5.92 Å². The summed E-state index contributed by atoms with van der Waals surface area (Å²) in [6.45, 7) is 6.34. The molecule has 0 saturated carbocycles. The van der Waals surface area contributed by atoms with Gasteiger partial charge in [-0.1, -0.05) is 44.2 Å². The van der Waals surface area contributed by atoms with Crippen molar-refractivity contribution in [2.45, 2.75) is 46.1 Å². The van der Waals surface area contributed by atoms with E-state index in [1.165, 1.54) is 11.1 Å². The van der Waals surface area contributed by atoms with Gasteiger partial charge in [0.05, 0.1) is 7.11 Å². The number of amides is 1. The number of carbonyl (C=O) groups excluding carboxylic acids is 1. The van der Waals surface area contributed by atoms with Crippen LogP contribution in [0.15, 0.2) is 67.0 Å². The van der Waals surface area contributed by atoms with Crippen LogP contribution in [0.5, 0.6) is 5.75 Å². The Morgan fingerprint density at radius 2 is 1.93 bits per heavy atom. The van der Waals surface area contributed by atoms with Gasteiger partial charge in [0, 0.05) is 24.5 Å². The second kappa shape index (κ2) is 11.8.